The van der Waals surface area contributed by atoms with Crippen molar-refractivity contribution in [3.8, 4) is 11.5 Å². The van der Waals surface area contributed by atoms with Crippen LogP contribution in [0, 0.1) is 0 Å². The number of ether oxygens (including phenoxy) is 2. The number of rotatable bonds is 4. The number of methoxy groups -OCH3 is 2. The van der Waals surface area contributed by atoms with E-state index >= 15 is 0 Å². The van der Waals surface area contributed by atoms with Crippen LogP contribution in [0.25, 0.3) is 0 Å². The van der Waals surface area contributed by atoms with Gasteiger partial charge >= 0.3 is 0 Å². The molecule has 112 valence electrons. The van der Waals surface area contributed by atoms with Crippen LogP contribution in [0.1, 0.15) is 44.7 Å². The van der Waals surface area contributed by atoms with Crippen molar-refractivity contribution in [2.45, 2.75) is 44.8 Å². The summed E-state index contributed by atoms with van der Waals surface area (Å²) in [4.78, 5) is 0. The van der Waals surface area contributed by atoms with Crippen LogP contribution in [0.4, 0.5) is 4.39 Å². The van der Waals surface area contributed by atoms with E-state index in [9.17, 15) is 4.39 Å². The van der Waals surface area contributed by atoms with Crippen LogP contribution in [0.15, 0.2) is 12.1 Å². The molecule has 0 bridgehead atoms. The highest BCUT2D eigenvalue weighted by atomic mass is 19.1. The quantitative estimate of drug-likeness (QED) is 0.916. The van der Waals surface area contributed by atoms with E-state index in [2.05, 4.69) is 12.2 Å². The summed E-state index contributed by atoms with van der Waals surface area (Å²) in [5, 5.41) is 3.49. The SMILES string of the molecule is COc1cc(C(C)(C)F)c(C2(C)CCCN2)cc1OC. The Morgan fingerprint density at radius 3 is 2.25 bits per heavy atom. The van der Waals surface area contributed by atoms with E-state index < -0.39 is 5.67 Å². The van der Waals surface area contributed by atoms with Crippen molar-refractivity contribution < 1.29 is 13.9 Å². The summed E-state index contributed by atoms with van der Waals surface area (Å²) in [6, 6.07) is 3.67. The van der Waals surface area contributed by atoms with Crippen molar-refractivity contribution in [1.82, 2.24) is 5.32 Å². The van der Waals surface area contributed by atoms with E-state index in [1.807, 2.05) is 6.07 Å². The fourth-order valence-electron chi connectivity index (χ4n) is 2.95. The van der Waals surface area contributed by atoms with Crippen LogP contribution in [0.5, 0.6) is 11.5 Å². The van der Waals surface area contributed by atoms with Crippen molar-refractivity contribution in [3.63, 3.8) is 0 Å². The highest BCUT2D eigenvalue weighted by molar-refractivity contribution is 5.51. The van der Waals surface area contributed by atoms with Gasteiger partial charge in [-0.2, -0.15) is 0 Å². The third-order valence-electron chi connectivity index (χ3n) is 4.13. The van der Waals surface area contributed by atoms with Crippen LogP contribution in [-0.2, 0) is 11.2 Å². The van der Waals surface area contributed by atoms with E-state index in [4.69, 9.17) is 9.47 Å². The van der Waals surface area contributed by atoms with Gasteiger partial charge < -0.3 is 14.8 Å². The fraction of sp³-hybridized carbons (Fsp3) is 0.625. The highest BCUT2D eigenvalue weighted by Crippen LogP contribution is 2.43. The van der Waals surface area contributed by atoms with Gasteiger partial charge in [0.15, 0.2) is 11.5 Å². The van der Waals surface area contributed by atoms with Crippen LogP contribution in [-0.4, -0.2) is 20.8 Å². The lowest BCUT2D eigenvalue weighted by Gasteiger charge is -2.32. The average Bonchev–Trinajstić information content (AvgIpc) is 2.84. The first-order chi connectivity index (χ1) is 9.31. The number of hydrogen-bond donors (Lipinski definition) is 1. The number of nitrogens with one attached hydrogen (secondary N) is 1. The lowest BCUT2D eigenvalue weighted by atomic mass is 9.82. The van der Waals surface area contributed by atoms with E-state index in [0.717, 1.165) is 24.9 Å². The van der Waals surface area contributed by atoms with Crippen LogP contribution >= 0.6 is 0 Å². The molecule has 0 radical (unpaired) electrons. The zero-order valence-corrected chi connectivity index (χ0v) is 13.0. The molecular weight excluding hydrogens is 257 g/mol. The molecule has 0 spiro atoms. The summed E-state index contributed by atoms with van der Waals surface area (Å²) >= 11 is 0. The molecule has 1 aromatic carbocycles. The van der Waals surface area contributed by atoms with Crippen molar-refractivity contribution in [2.75, 3.05) is 20.8 Å². The average molecular weight is 281 g/mol. The lowest BCUT2D eigenvalue weighted by Crippen LogP contribution is -2.35. The van der Waals surface area contributed by atoms with Gasteiger partial charge in [-0.15, -0.1) is 0 Å². The minimum Gasteiger partial charge on any atom is -0.493 e. The number of benzene rings is 1. The summed E-state index contributed by atoms with van der Waals surface area (Å²) < 4.78 is 25.3. The molecule has 1 unspecified atom stereocenters. The Bertz CT molecular complexity index is 488. The Balaban J connectivity index is 2.64. The predicted molar refractivity (Wildman–Crippen MR) is 78.3 cm³/mol. The highest BCUT2D eigenvalue weighted by Gasteiger charge is 2.37. The van der Waals surface area contributed by atoms with Gasteiger partial charge in [0, 0.05) is 5.54 Å². The van der Waals surface area contributed by atoms with Gasteiger partial charge in [-0.05, 0) is 63.4 Å². The molecule has 1 aromatic rings. The third-order valence-corrected chi connectivity index (χ3v) is 4.13. The van der Waals surface area contributed by atoms with Crippen LogP contribution < -0.4 is 14.8 Å². The Kier molecular flexibility index (Phi) is 3.96. The summed E-state index contributed by atoms with van der Waals surface area (Å²) in [5.74, 6) is 1.21. The van der Waals surface area contributed by atoms with E-state index in [0.29, 0.717) is 17.1 Å². The standard InChI is InChI=1S/C16H24FNO2/c1-15(2,17)11-9-13(19-4)14(20-5)10-12(11)16(3)7-6-8-18-16/h9-10,18H,6-8H2,1-5H3. The smallest absolute Gasteiger partial charge is 0.161 e. The van der Waals surface area contributed by atoms with Gasteiger partial charge in [0.05, 0.1) is 14.2 Å². The second kappa shape index (κ2) is 5.24. The Labute approximate surface area is 120 Å². The Hall–Kier alpha value is -1.29. The van der Waals surface area contributed by atoms with Gasteiger partial charge in [0.25, 0.3) is 0 Å². The fourth-order valence-corrected chi connectivity index (χ4v) is 2.95. The number of halogens is 1. The molecule has 1 atom stereocenters. The van der Waals surface area contributed by atoms with Gasteiger partial charge in [0.1, 0.15) is 5.67 Å². The normalized spacial score (nSPS) is 22.9. The van der Waals surface area contributed by atoms with Crippen molar-refractivity contribution in [3.05, 3.63) is 23.3 Å². The summed E-state index contributed by atoms with van der Waals surface area (Å²) in [6.07, 6.45) is 2.09. The van der Waals surface area contributed by atoms with Gasteiger partial charge in [-0.25, -0.2) is 4.39 Å². The summed E-state index contributed by atoms with van der Waals surface area (Å²) in [6.45, 7) is 6.24. The minimum atomic E-state index is -1.43. The van der Waals surface area contributed by atoms with Crippen LogP contribution in [0.2, 0.25) is 0 Å². The molecule has 4 heteroatoms. The second-order valence-electron chi connectivity index (χ2n) is 6.09. The second-order valence-corrected chi connectivity index (χ2v) is 6.09. The maximum absolute atomic E-state index is 14.6. The van der Waals surface area contributed by atoms with E-state index in [1.54, 1.807) is 34.1 Å². The Morgan fingerprint density at radius 1 is 1.20 bits per heavy atom. The topological polar surface area (TPSA) is 30.5 Å². The molecule has 0 saturated carbocycles. The third kappa shape index (κ3) is 2.62. The first-order valence-corrected chi connectivity index (χ1v) is 7.03. The summed E-state index contributed by atoms with van der Waals surface area (Å²) in [5.41, 5.74) is -0.0207. The van der Waals surface area contributed by atoms with Gasteiger partial charge in [-0.1, -0.05) is 0 Å². The lowest BCUT2D eigenvalue weighted by molar-refractivity contribution is 0.213. The zero-order chi connectivity index (χ0) is 15.0. The van der Waals surface area contributed by atoms with Gasteiger partial charge in [-0.3, -0.25) is 0 Å². The number of hydrogen-bond acceptors (Lipinski definition) is 3. The maximum atomic E-state index is 14.6. The molecule has 1 aliphatic rings. The molecule has 1 saturated heterocycles. The largest absolute Gasteiger partial charge is 0.493 e. The van der Waals surface area contributed by atoms with Crippen molar-refractivity contribution in [1.29, 1.82) is 0 Å². The molecule has 2 rings (SSSR count). The molecule has 3 nitrogen and oxygen atoms in total. The molecule has 0 aromatic heterocycles. The molecule has 0 amide bonds. The molecule has 1 heterocycles. The van der Waals surface area contributed by atoms with Gasteiger partial charge in [0.2, 0.25) is 0 Å². The molecule has 20 heavy (non-hydrogen) atoms. The molecular formula is C16H24FNO2. The van der Waals surface area contributed by atoms with Crippen molar-refractivity contribution in [2.24, 2.45) is 0 Å². The van der Waals surface area contributed by atoms with Crippen molar-refractivity contribution >= 4 is 0 Å². The number of alkyl halides is 1. The first-order valence-electron chi connectivity index (χ1n) is 7.03. The minimum absolute atomic E-state index is 0.210. The summed E-state index contributed by atoms with van der Waals surface area (Å²) in [7, 11) is 3.17. The van der Waals surface area contributed by atoms with E-state index in [1.165, 1.54) is 0 Å². The zero-order valence-electron chi connectivity index (χ0n) is 13.0. The molecule has 1 N–H and O–H groups in total. The Morgan fingerprint density at radius 2 is 1.80 bits per heavy atom. The molecule has 1 aliphatic heterocycles. The first kappa shape index (κ1) is 15.1. The van der Waals surface area contributed by atoms with Crippen LogP contribution in [0.3, 0.4) is 0 Å². The predicted octanol–water partition coefficient (Wildman–Crippen LogP) is 3.51. The molecule has 0 aliphatic carbocycles. The molecule has 1 fully saturated rings. The van der Waals surface area contributed by atoms with E-state index in [-0.39, 0.29) is 5.54 Å². The maximum Gasteiger partial charge on any atom is 0.161 e. The monoisotopic (exact) mass is 281 g/mol.